The molecule has 3 N–H and O–H groups in total. The molecule has 0 saturated carbocycles. The van der Waals surface area contributed by atoms with Gasteiger partial charge >= 0.3 is 0 Å². The first-order chi connectivity index (χ1) is 4.35. The van der Waals surface area contributed by atoms with Crippen molar-refractivity contribution in [3.8, 4) is 0 Å². The largest absolute Gasteiger partial charge is 0.367 e. The lowest BCUT2D eigenvalue weighted by atomic mass is 10.1. The number of nitrogens with zero attached hydrogens (tertiary/aromatic N) is 1. The Bertz CT molecular complexity index is 184. The van der Waals surface area contributed by atoms with Crippen LogP contribution in [-0.2, 0) is 0 Å². The van der Waals surface area contributed by atoms with Crippen LogP contribution in [0.15, 0.2) is 4.99 Å². The quantitative estimate of drug-likeness (QED) is 0.426. The van der Waals surface area contributed by atoms with Gasteiger partial charge in [0.25, 0.3) is 0 Å². The molecule has 0 unspecified atom stereocenters. The lowest BCUT2D eigenvalue weighted by Crippen LogP contribution is -2.54. The van der Waals surface area contributed by atoms with Gasteiger partial charge in [-0.2, -0.15) is 0 Å². The highest BCUT2D eigenvalue weighted by Crippen LogP contribution is 2.25. The van der Waals surface area contributed by atoms with Crippen LogP contribution in [0.1, 0.15) is 20.8 Å². The van der Waals surface area contributed by atoms with Gasteiger partial charge < -0.3 is 15.5 Å². The van der Waals surface area contributed by atoms with Gasteiger partial charge in [-0.15, -0.1) is 0 Å². The molecule has 4 heteroatoms. The average Bonchev–Trinajstić information content (AvgIpc) is 1.73. The van der Waals surface area contributed by atoms with E-state index in [4.69, 9.17) is 0 Å². The van der Waals surface area contributed by atoms with Crippen molar-refractivity contribution in [3.63, 3.8) is 0 Å². The van der Waals surface area contributed by atoms with Crippen molar-refractivity contribution in [3.05, 3.63) is 0 Å². The van der Waals surface area contributed by atoms with Crippen molar-refractivity contribution in [2.45, 2.75) is 32.2 Å². The highest BCUT2D eigenvalue weighted by molar-refractivity contribution is 5.82. The van der Waals surface area contributed by atoms with Crippen molar-refractivity contribution in [2.75, 3.05) is 0 Å². The number of nitrogens with one attached hydrogen (secondary N) is 1. The molecule has 4 nitrogen and oxygen atoms in total. The lowest BCUT2D eigenvalue weighted by molar-refractivity contribution is -0.122. The normalized spacial score (nSPS) is 46.7. The molecule has 0 fully saturated rings. The third kappa shape index (κ3) is 0.892. The van der Waals surface area contributed by atoms with E-state index in [1.54, 1.807) is 6.92 Å². The van der Waals surface area contributed by atoms with Gasteiger partial charge in [-0.3, -0.25) is 0 Å². The molecule has 0 aromatic rings. The van der Waals surface area contributed by atoms with Gasteiger partial charge in [-0.05, 0) is 20.8 Å². The van der Waals surface area contributed by atoms with E-state index in [0.29, 0.717) is 5.84 Å². The highest BCUT2D eigenvalue weighted by atomic mass is 16.4. The van der Waals surface area contributed by atoms with Gasteiger partial charge in [0.1, 0.15) is 0 Å². The first-order valence-corrected chi connectivity index (χ1v) is 3.14. The number of rotatable bonds is 0. The molecule has 2 atom stereocenters. The van der Waals surface area contributed by atoms with Crippen molar-refractivity contribution in [1.29, 1.82) is 0 Å². The van der Waals surface area contributed by atoms with E-state index in [0.717, 1.165) is 0 Å². The van der Waals surface area contributed by atoms with Crippen LogP contribution < -0.4 is 5.32 Å². The molecule has 0 saturated heterocycles. The maximum Gasteiger partial charge on any atom is 0.202 e. The average molecular weight is 144 g/mol. The van der Waals surface area contributed by atoms with Crippen LogP contribution in [0, 0.1) is 0 Å². The molecule has 0 bridgehead atoms. The smallest absolute Gasteiger partial charge is 0.202 e. The fourth-order valence-electron chi connectivity index (χ4n) is 0.934. The van der Waals surface area contributed by atoms with Crippen LogP contribution in [0.3, 0.4) is 0 Å². The second-order valence-electron chi connectivity index (χ2n) is 2.92. The molecule has 1 aliphatic heterocycles. The summed E-state index contributed by atoms with van der Waals surface area (Å²) in [6.45, 7) is 4.62. The van der Waals surface area contributed by atoms with Crippen molar-refractivity contribution in [1.82, 2.24) is 5.32 Å². The highest BCUT2D eigenvalue weighted by Gasteiger charge is 2.46. The summed E-state index contributed by atoms with van der Waals surface area (Å²) in [6.07, 6.45) is 0. The molecule has 0 aromatic carbocycles. The summed E-state index contributed by atoms with van der Waals surface area (Å²) in [5, 5.41) is 21.4. The van der Waals surface area contributed by atoms with Crippen molar-refractivity contribution in [2.24, 2.45) is 4.99 Å². The minimum absolute atomic E-state index is 0.551. The van der Waals surface area contributed by atoms with Gasteiger partial charge in [-0.1, -0.05) is 0 Å². The van der Waals surface area contributed by atoms with Gasteiger partial charge in [0.2, 0.25) is 5.72 Å². The maximum absolute atomic E-state index is 9.42. The van der Waals surface area contributed by atoms with Gasteiger partial charge in [0.05, 0.1) is 5.84 Å². The fraction of sp³-hybridized carbons (Fsp3) is 0.833. The van der Waals surface area contributed by atoms with Crippen LogP contribution in [0.5, 0.6) is 0 Å². The molecular formula is C6H12N2O2. The van der Waals surface area contributed by atoms with Crippen molar-refractivity contribution >= 4 is 5.84 Å². The van der Waals surface area contributed by atoms with Gasteiger partial charge in [0, 0.05) is 0 Å². The number of hydrogen-bond donors (Lipinski definition) is 3. The Hall–Kier alpha value is -0.610. The van der Waals surface area contributed by atoms with E-state index < -0.39 is 11.4 Å². The Morgan fingerprint density at radius 2 is 1.90 bits per heavy atom. The Morgan fingerprint density at radius 1 is 1.40 bits per heavy atom. The Labute approximate surface area is 59.6 Å². The van der Waals surface area contributed by atoms with Crippen LogP contribution in [0.2, 0.25) is 0 Å². The van der Waals surface area contributed by atoms with Crippen LogP contribution in [-0.4, -0.2) is 27.5 Å². The van der Waals surface area contributed by atoms with Crippen LogP contribution >= 0.6 is 0 Å². The summed E-state index contributed by atoms with van der Waals surface area (Å²) in [5.74, 6) is 0.551. The second kappa shape index (κ2) is 1.71. The first-order valence-electron chi connectivity index (χ1n) is 3.14. The van der Waals surface area contributed by atoms with Crippen LogP contribution in [0.4, 0.5) is 0 Å². The first kappa shape index (κ1) is 7.50. The number of hydrogen-bond acceptors (Lipinski definition) is 4. The minimum Gasteiger partial charge on any atom is -0.367 e. The van der Waals surface area contributed by atoms with E-state index in [-0.39, 0.29) is 0 Å². The standard InChI is InChI=1S/C6H12N2O2/c1-4-7-5(2,9)6(3,10)8-4/h9-10H,1-3H3,(H,7,8)/t5-,6-/m0/s1. The molecule has 0 spiro atoms. The number of aliphatic imine (C=N–C) groups is 1. The predicted octanol–water partition coefficient (Wildman–Crippen LogP) is -0.575. The maximum atomic E-state index is 9.42. The van der Waals surface area contributed by atoms with E-state index in [2.05, 4.69) is 10.3 Å². The Kier molecular flexibility index (Phi) is 1.28. The SMILES string of the molecule is CC1=N[C@@](C)(O)[C@](C)(O)N1. The summed E-state index contributed by atoms with van der Waals surface area (Å²) in [5.41, 5.74) is -2.74. The summed E-state index contributed by atoms with van der Waals surface area (Å²) in [7, 11) is 0. The van der Waals surface area contributed by atoms with Gasteiger partial charge in [0.15, 0.2) is 5.72 Å². The lowest BCUT2D eigenvalue weighted by Gasteiger charge is -2.28. The van der Waals surface area contributed by atoms with Crippen LogP contribution in [0.25, 0.3) is 0 Å². The number of aliphatic hydroxyl groups is 2. The number of amidine groups is 1. The minimum atomic E-state index is -1.41. The molecule has 1 rings (SSSR count). The van der Waals surface area contributed by atoms with E-state index >= 15 is 0 Å². The molecule has 58 valence electrons. The molecule has 0 amide bonds. The monoisotopic (exact) mass is 144 g/mol. The second-order valence-corrected chi connectivity index (χ2v) is 2.92. The third-order valence-corrected chi connectivity index (χ3v) is 1.73. The molecule has 1 aliphatic rings. The molecule has 0 radical (unpaired) electrons. The molecular weight excluding hydrogens is 132 g/mol. The predicted molar refractivity (Wildman–Crippen MR) is 37.5 cm³/mol. The third-order valence-electron chi connectivity index (χ3n) is 1.73. The zero-order valence-electron chi connectivity index (χ0n) is 6.34. The Balaban J connectivity index is 2.92. The summed E-state index contributed by atoms with van der Waals surface area (Å²) >= 11 is 0. The zero-order valence-corrected chi connectivity index (χ0v) is 6.34. The molecule has 0 aromatic heterocycles. The molecule has 0 aliphatic carbocycles. The van der Waals surface area contributed by atoms with E-state index in [1.807, 2.05) is 0 Å². The Morgan fingerprint density at radius 3 is 2.00 bits per heavy atom. The van der Waals surface area contributed by atoms with E-state index in [9.17, 15) is 10.2 Å². The van der Waals surface area contributed by atoms with Gasteiger partial charge in [-0.25, -0.2) is 4.99 Å². The molecule has 1 heterocycles. The fourth-order valence-corrected chi connectivity index (χ4v) is 0.934. The van der Waals surface area contributed by atoms with E-state index in [1.165, 1.54) is 13.8 Å². The summed E-state index contributed by atoms with van der Waals surface area (Å²) < 4.78 is 0. The van der Waals surface area contributed by atoms with Crippen molar-refractivity contribution < 1.29 is 10.2 Å². The molecule has 10 heavy (non-hydrogen) atoms. The summed E-state index contributed by atoms with van der Waals surface area (Å²) in [6, 6.07) is 0. The zero-order chi connectivity index (χ0) is 7.99. The topological polar surface area (TPSA) is 64.9 Å². The summed E-state index contributed by atoms with van der Waals surface area (Å²) in [4.78, 5) is 3.78.